The van der Waals surface area contributed by atoms with Gasteiger partial charge in [-0.15, -0.1) is 0 Å². The fourth-order valence-electron chi connectivity index (χ4n) is 2.76. The number of benzene rings is 2. The van der Waals surface area contributed by atoms with Gasteiger partial charge in [0, 0.05) is 22.7 Å². The molecule has 1 heterocycles. The summed E-state index contributed by atoms with van der Waals surface area (Å²) in [4.78, 5) is 15.8. The molecule has 3 aromatic rings. The summed E-state index contributed by atoms with van der Waals surface area (Å²) in [6.45, 7) is 2.11. The van der Waals surface area contributed by atoms with Crippen molar-refractivity contribution in [3.63, 3.8) is 0 Å². The van der Waals surface area contributed by atoms with Gasteiger partial charge < -0.3 is 9.72 Å². The number of esters is 1. The quantitative estimate of drug-likeness (QED) is 0.577. The van der Waals surface area contributed by atoms with Crippen LogP contribution >= 0.6 is 23.2 Å². The van der Waals surface area contributed by atoms with Crippen molar-refractivity contribution in [3.05, 3.63) is 81.5 Å². The monoisotopic (exact) mass is 373 g/mol. The first-order chi connectivity index (χ1) is 12.1. The zero-order valence-electron chi connectivity index (χ0n) is 13.7. The first kappa shape index (κ1) is 17.6. The number of aromatic amines is 1. The maximum Gasteiger partial charge on any atom is 0.340 e. The van der Waals surface area contributed by atoms with Gasteiger partial charge in [0.25, 0.3) is 0 Å². The van der Waals surface area contributed by atoms with E-state index in [-0.39, 0.29) is 5.97 Å². The third-order valence-corrected chi connectivity index (χ3v) is 4.50. The van der Waals surface area contributed by atoms with Crippen molar-refractivity contribution in [3.8, 4) is 11.3 Å². The predicted molar refractivity (Wildman–Crippen MR) is 101 cm³/mol. The molecule has 0 fully saturated rings. The predicted octanol–water partition coefficient (Wildman–Crippen LogP) is 5.76. The van der Waals surface area contributed by atoms with Crippen LogP contribution in [-0.4, -0.2) is 17.6 Å². The molecule has 3 rings (SSSR count). The summed E-state index contributed by atoms with van der Waals surface area (Å²) in [5, 5.41) is 1.22. The van der Waals surface area contributed by atoms with Crippen LogP contribution in [0.15, 0.2) is 54.7 Å². The molecule has 0 atom stereocenters. The van der Waals surface area contributed by atoms with Crippen molar-refractivity contribution in [2.75, 3.05) is 6.61 Å². The van der Waals surface area contributed by atoms with Crippen LogP contribution in [0.2, 0.25) is 10.0 Å². The SMILES string of the molecule is CCOC(=O)c1c(Cc2cc(Cl)ccc2Cl)c[nH]c1-c1ccccc1. The van der Waals surface area contributed by atoms with Crippen LogP contribution in [0.3, 0.4) is 0 Å². The largest absolute Gasteiger partial charge is 0.462 e. The highest BCUT2D eigenvalue weighted by Crippen LogP contribution is 2.30. The number of ether oxygens (including phenoxy) is 1. The maximum atomic E-state index is 12.6. The van der Waals surface area contributed by atoms with Crippen LogP contribution in [0.5, 0.6) is 0 Å². The van der Waals surface area contributed by atoms with Crippen LogP contribution < -0.4 is 0 Å². The molecule has 0 saturated carbocycles. The van der Waals surface area contributed by atoms with Crippen LogP contribution in [0.4, 0.5) is 0 Å². The van der Waals surface area contributed by atoms with Crippen molar-refractivity contribution < 1.29 is 9.53 Å². The van der Waals surface area contributed by atoms with Crippen LogP contribution in [-0.2, 0) is 11.2 Å². The molecule has 1 aromatic heterocycles. The Morgan fingerprint density at radius 1 is 1.08 bits per heavy atom. The molecular weight excluding hydrogens is 357 g/mol. The number of rotatable bonds is 5. The van der Waals surface area contributed by atoms with E-state index in [9.17, 15) is 4.79 Å². The molecule has 0 aliphatic carbocycles. The van der Waals surface area contributed by atoms with E-state index in [2.05, 4.69) is 4.98 Å². The number of carbonyl (C=O) groups is 1. The number of aromatic nitrogens is 1. The Balaban J connectivity index is 2.06. The number of halogens is 2. The molecular formula is C20H17Cl2NO2. The first-order valence-electron chi connectivity index (χ1n) is 7.97. The van der Waals surface area contributed by atoms with Crippen LogP contribution in [0.25, 0.3) is 11.3 Å². The van der Waals surface area contributed by atoms with Crippen LogP contribution in [0, 0.1) is 0 Å². The fraction of sp³-hybridized carbons (Fsp3) is 0.150. The van der Waals surface area contributed by atoms with Crippen molar-refractivity contribution in [2.24, 2.45) is 0 Å². The molecule has 2 aromatic carbocycles. The second-order valence-corrected chi connectivity index (χ2v) is 6.41. The summed E-state index contributed by atoms with van der Waals surface area (Å²) in [5.41, 5.74) is 3.88. The molecule has 0 aliphatic heterocycles. The topological polar surface area (TPSA) is 42.1 Å². The number of hydrogen-bond acceptors (Lipinski definition) is 2. The van der Waals surface area contributed by atoms with Gasteiger partial charge in [0.05, 0.1) is 17.9 Å². The lowest BCUT2D eigenvalue weighted by Gasteiger charge is -2.09. The van der Waals surface area contributed by atoms with Gasteiger partial charge in [0.15, 0.2) is 0 Å². The Morgan fingerprint density at radius 3 is 2.56 bits per heavy atom. The average Bonchev–Trinajstić information content (AvgIpc) is 3.03. The third-order valence-electron chi connectivity index (χ3n) is 3.89. The molecule has 0 amide bonds. The Morgan fingerprint density at radius 2 is 1.84 bits per heavy atom. The lowest BCUT2D eigenvalue weighted by Crippen LogP contribution is -2.08. The van der Waals surface area contributed by atoms with E-state index in [1.54, 1.807) is 19.1 Å². The van der Waals surface area contributed by atoms with E-state index in [0.717, 1.165) is 22.4 Å². The van der Waals surface area contributed by atoms with Gasteiger partial charge >= 0.3 is 5.97 Å². The summed E-state index contributed by atoms with van der Waals surface area (Å²) in [7, 11) is 0. The van der Waals surface area contributed by atoms with Gasteiger partial charge in [-0.25, -0.2) is 4.79 Å². The molecule has 1 N–H and O–H groups in total. The summed E-state index contributed by atoms with van der Waals surface area (Å²) < 4.78 is 5.26. The molecule has 3 nitrogen and oxygen atoms in total. The number of carbonyl (C=O) groups excluding carboxylic acids is 1. The van der Waals surface area contributed by atoms with E-state index in [4.69, 9.17) is 27.9 Å². The highest BCUT2D eigenvalue weighted by atomic mass is 35.5. The molecule has 0 radical (unpaired) electrons. The molecule has 128 valence electrons. The highest BCUT2D eigenvalue weighted by molar-refractivity contribution is 6.33. The maximum absolute atomic E-state index is 12.6. The fourth-order valence-corrected chi connectivity index (χ4v) is 3.14. The second-order valence-electron chi connectivity index (χ2n) is 5.56. The van der Waals surface area contributed by atoms with Crippen LogP contribution in [0.1, 0.15) is 28.4 Å². The van der Waals surface area contributed by atoms with E-state index >= 15 is 0 Å². The van der Waals surface area contributed by atoms with E-state index < -0.39 is 0 Å². The minimum absolute atomic E-state index is 0.315. The molecule has 5 heteroatoms. The molecule has 0 unspecified atom stereocenters. The standard InChI is InChI=1S/C20H17Cl2NO2/c1-2-25-20(24)18-15(10-14-11-16(21)8-9-17(14)22)12-23-19(18)13-6-4-3-5-7-13/h3-9,11-12,23H,2,10H2,1H3. The number of nitrogens with one attached hydrogen (secondary N) is 1. The smallest absolute Gasteiger partial charge is 0.340 e. The Hall–Kier alpha value is -2.23. The van der Waals surface area contributed by atoms with Crippen molar-refractivity contribution in [1.82, 2.24) is 4.98 Å². The lowest BCUT2D eigenvalue weighted by molar-refractivity contribution is 0.0526. The van der Waals surface area contributed by atoms with E-state index in [0.29, 0.717) is 28.6 Å². The second kappa shape index (κ2) is 7.77. The summed E-state index contributed by atoms with van der Waals surface area (Å²) in [5.74, 6) is -0.351. The molecule has 0 aliphatic rings. The highest BCUT2D eigenvalue weighted by Gasteiger charge is 2.21. The zero-order chi connectivity index (χ0) is 17.8. The van der Waals surface area contributed by atoms with E-state index in [1.807, 2.05) is 42.6 Å². The summed E-state index contributed by atoms with van der Waals surface area (Å²) in [6, 6.07) is 15.0. The normalized spacial score (nSPS) is 10.7. The van der Waals surface area contributed by atoms with Gasteiger partial charge in [0.1, 0.15) is 0 Å². The minimum Gasteiger partial charge on any atom is -0.462 e. The van der Waals surface area contributed by atoms with Gasteiger partial charge in [-0.1, -0.05) is 53.5 Å². The summed E-state index contributed by atoms with van der Waals surface area (Å²) in [6.07, 6.45) is 2.31. The Labute approximate surface area is 156 Å². The van der Waals surface area contributed by atoms with Crippen molar-refractivity contribution in [1.29, 1.82) is 0 Å². The lowest BCUT2D eigenvalue weighted by atomic mass is 10.00. The first-order valence-corrected chi connectivity index (χ1v) is 8.72. The van der Waals surface area contributed by atoms with Gasteiger partial charge in [0.2, 0.25) is 0 Å². The minimum atomic E-state index is -0.351. The van der Waals surface area contributed by atoms with Gasteiger partial charge in [-0.05, 0) is 41.8 Å². The average molecular weight is 374 g/mol. The molecule has 0 bridgehead atoms. The summed E-state index contributed by atoms with van der Waals surface area (Å²) >= 11 is 12.4. The number of hydrogen-bond donors (Lipinski definition) is 1. The van der Waals surface area contributed by atoms with Crippen molar-refractivity contribution in [2.45, 2.75) is 13.3 Å². The molecule has 25 heavy (non-hydrogen) atoms. The Kier molecular flexibility index (Phi) is 5.47. The molecule has 0 spiro atoms. The van der Waals surface area contributed by atoms with Gasteiger partial charge in [-0.2, -0.15) is 0 Å². The number of H-pyrrole nitrogens is 1. The third kappa shape index (κ3) is 3.89. The van der Waals surface area contributed by atoms with Crippen molar-refractivity contribution >= 4 is 29.2 Å². The molecule has 0 saturated heterocycles. The zero-order valence-corrected chi connectivity index (χ0v) is 15.2. The Bertz CT molecular complexity index is 888. The van der Waals surface area contributed by atoms with Gasteiger partial charge in [-0.3, -0.25) is 0 Å². The van der Waals surface area contributed by atoms with E-state index in [1.165, 1.54) is 0 Å².